The maximum atomic E-state index is 12.0. The van der Waals surface area contributed by atoms with E-state index in [4.69, 9.17) is 5.73 Å². The van der Waals surface area contributed by atoms with E-state index < -0.39 is 9.84 Å². The molecule has 0 saturated heterocycles. The summed E-state index contributed by atoms with van der Waals surface area (Å²) in [5.74, 6) is 0.0284. The van der Waals surface area contributed by atoms with Gasteiger partial charge in [-0.2, -0.15) is 0 Å². The average Bonchev–Trinajstić information content (AvgIpc) is 2.24. The monoisotopic (exact) mass is 262 g/mol. The first-order valence-corrected chi connectivity index (χ1v) is 8.04. The highest BCUT2D eigenvalue weighted by Gasteiger charge is 2.27. The van der Waals surface area contributed by atoms with E-state index in [-0.39, 0.29) is 30.2 Å². The van der Waals surface area contributed by atoms with Gasteiger partial charge in [0.1, 0.15) is 9.84 Å². The average molecular weight is 262 g/mol. The van der Waals surface area contributed by atoms with Crippen LogP contribution in [0.3, 0.4) is 0 Å². The predicted molar refractivity (Wildman–Crippen MR) is 67.3 cm³/mol. The zero-order valence-corrected chi connectivity index (χ0v) is 11.4. The summed E-state index contributed by atoms with van der Waals surface area (Å²) in [6.45, 7) is 0.267. The molecule has 0 heterocycles. The summed E-state index contributed by atoms with van der Waals surface area (Å²) in [5.41, 5.74) is 5.84. The molecule has 0 aromatic carbocycles. The molecule has 0 radical (unpaired) electrons. The van der Waals surface area contributed by atoms with Crippen molar-refractivity contribution >= 4 is 15.7 Å². The number of sulfone groups is 1. The number of nitrogens with zero attached hydrogens (tertiary/aromatic N) is 1. The molecule has 1 aliphatic rings. The summed E-state index contributed by atoms with van der Waals surface area (Å²) in [6, 6.07) is 0.112. The van der Waals surface area contributed by atoms with Gasteiger partial charge in [0.2, 0.25) is 5.91 Å². The standard InChI is InChI=1S/C11H22N2O3S/c1-13(6-7-17(2,15)16)11(14)9-4-3-5-10(12)8-9/h9-10H,3-8,12H2,1-2H3. The van der Waals surface area contributed by atoms with Crippen LogP contribution in [-0.4, -0.2) is 50.9 Å². The molecule has 1 rings (SSSR count). The van der Waals surface area contributed by atoms with E-state index in [0.717, 1.165) is 25.7 Å². The van der Waals surface area contributed by atoms with Gasteiger partial charge in [-0.15, -0.1) is 0 Å². The van der Waals surface area contributed by atoms with Crippen molar-refractivity contribution in [3.05, 3.63) is 0 Å². The van der Waals surface area contributed by atoms with E-state index in [2.05, 4.69) is 0 Å². The van der Waals surface area contributed by atoms with Gasteiger partial charge in [0, 0.05) is 31.8 Å². The molecule has 0 spiro atoms. The molecule has 2 N–H and O–H groups in total. The van der Waals surface area contributed by atoms with Crippen LogP contribution < -0.4 is 5.73 Å². The summed E-state index contributed by atoms with van der Waals surface area (Å²) < 4.78 is 22.1. The zero-order chi connectivity index (χ0) is 13.1. The van der Waals surface area contributed by atoms with Gasteiger partial charge in [-0.1, -0.05) is 6.42 Å². The fourth-order valence-electron chi connectivity index (χ4n) is 2.18. The third-order valence-electron chi connectivity index (χ3n) is 3.24. The van der Waals surface area contributed by atoms with Gasteiger partial charge in [-0.25, -0.2) is 8.42 Å². The summed E-state index contributed by atoms with van der Waals surface area (Å²) in [4.78, 5) is 13.6. The van der Waals surface area contributed by atoms with E-state index in [1.165, 1.54) is 11.2 Å². The van der Waals surface area contributed by atoms with Crippen LogP contribution in [-0.2, 0) is 14.6 Å². The first-order chi connectivity index (χ1) is 7.79. The van der Waals surface area contributed by atoms with Crippen molar-refractivity contribution in [2.24, 2.45) is 11.7 Å². The summed E-state index contributed by atoms with van der Waals surface area (Å²) in [5, 5.41) is 0. The van der Waals surface area contributed by atoms with Crippen LogP contribution in [0.2, 0.25) is 0 Å². The number of carbonyl (C=O) groups is 1. The maximum Gasteiger partial charge on any atom is 0.225 e. The van der Waals surface area contributed by atoms with E-state index in [0.29, 0.717) is 0 Å². The van der Waals surface area contributed by atoms with Crippen LogP contribution in [0.25, 0.3) is 0 Å². The van der Waals surface area contributed by atoms with Crippen LogP contribution in [0, 0.1) is 5.92 Å². The Morgan fingerprint density at radius 2 is 2.06 bits per heavy atom. The van der Waals surface area contributed by atoms with Gasteiger partial charge in [-0.05, 0) is 19.3 Å². The Balaban J connectivity index is 2.45. The number of carbonyl (C=O) groups excluding carboxylic acids is 1. The Labute approximate surface area is 103 Å². The van der Waals surface area contributed by atoms with Crippen LogP contribution in [0.5, 0.6) is 0 Å². The molecular weight excluding hydrogens is 240 g/mol. The summed E-state index contributed by atoms with van der Waals surface area (Å²) in [7, 11) is -1.35. The van der Waals surface area contributed by atoms with E-state index in [9.17, 15) is 13.2 Å². The Morgan fingerprint density at radius 3 is 2.59 bits per heavy atom. The van der Waals surface area contributed by atoms with Crippen LogP contribution in [0.1, 0.15) is 25.7 Å². The second kappa shape index (κ2) is 5.82. The lowest BCUT2D eigenvalue weighted by Gasteiger charge is -2.29. The topological polar surface area (TPSA) is 80.5 Å². The summed E-state index contributed by atoms with van der Waals surface area (Å²) >= 11 is 0. The Hall–Kier alpha value is -0.620. The minimum Gasteiger partial charge on any atom is -0.345 e. The predicted octanol–water partition coefficient (Wildman–Crippen LogP) is 0.00690. The maximum absolute atomic E-state index is 12.0. The normalized spacial score (nSPS) is 25.6. The Bertz CT molecular complexity index is 367. The third-order valence-corrected chi connectivity index (χ3v) is 4.16. The van der Waals surface area contributed by atoms with Gasteiger partial charge < -0.3 is 10.6 Å². The second-order valence-corrected chi connectivity index (χ2v) is 7.27. The molecule has 0 aromatic rings. The van der Waals surface area contributed by atoms with Crippen molar-refractivity contribution in [2.75, 3.05) is 25.6 Å². The Morgan fingerprint density at radius 1 is 1.41 bits per heavy atom. The number of hydrogen-bond donors (Lipinski definition) is 1. The third kappa shape index (κ3) is 5.04. The number of amides is 1. The number of rotatable bonds is 4. The minimum absolute atomic E-state index is 0.0218. The molecule has 1 aliphatic carbocycles. The van der Waals surface area contributed by atoms with Crippen molar-refractivity contribution < 1.29 is 13.2 Å². The smallest absolute Gasteiger partial charge is 0.225 e. The molecule has 100 valence electrons. The highest BCUT2D eigenvalue weighted by atomic mass is 32.2. The van der Waals surface area contributed by atoms with E-state index in [1.807, 2.05) is 0 Å². The Kier molecular flexibility index (Phi) is 4.94. The molecule has 0 aromatic heterocycles. The molecular formula is C11H22N2O3S. The lowest BCUT2D eigenvalue weighted by molar-refractivity contribution is -0.135. The molecule has 0 bridgehead atoms. The molecule has 2 atom stereocenters. The molecule has 1 amide bonds. The molecule has 2 unspecified atom stereocenters. The molecule has 0 aliphatic heterocycles. The van der Waals surface area contributed by atoms with Gasteiger partial charge in [0.25, 0.3) is 0 Å². The highest BCUT2D eigenvalue weighted by molar-refractivity contribution is 7.90. The summed E-state index contributed by atoms with van der Waals surface area (Å²) in [6.07, 6.45) is 4.74. The van der Waals surface area contributed by atoms with Crippen molar-refractivity contribution in [1.29, 1.82) is 0 Å². The molecule has 6 heteroatoms. The highest BCUT2D eigenvalue weighted by Crippen LogP contribution is 2.24. The van der Waals surface area contributed by atoms with Crippen LogP contribution in [0.15, 0.2) is 0 Å². The van der Waals surface area contributed by atoms with Crippen molar-refractivity contribution in [3.8, 4) is 0 Å². The fraction of sp³-hybridized carbons (Fsp3) is 0.909. The molecule has 5 nitrogen and oxygen atoms in total. The first-order valence-electron chi connectivity index (χ1n) is 5.98. The molecule has 17 heavy (non-hydrogen) atoms. The molecule has 1 saturated carbocycles. The SMILES string of the molecule is CN(CCS(C)(=O)=O)C(=O)C1CCCC(N)C1. The van der Waals surface area contributed by atoms with Gasteiger partial charge in [0.05, 0.1) is 5.75 Å². The van der Waals surface area contributed by atoms with Crippen molar-refractivity contribution in [3.63, 3.8) is 0 Å². The van der Waals surface area contributed by atoms with Gasteiger partial charge >= 0.3 is 0 Å². The number of hydrogen-bond acceptors (Lipinski definition) is 4. The van der Waals surface area contributed by atoms with Crippen LogP contribution >= 0.6 is 0 Å². The molecule has 1 fully saturated rings. The largest absolute Gasteiger partial charge is 0.345 e. The zero-order valence-electron chi connectivity index (χ0n) is 10.6. The lowest BCUT2D eigenvalue weighted by atomic mass is 9.85. The van der Waals surface area contributed by atoms with Gasteiger partial charge in [-0.3, -0.25) is 4.79 Å². The minimum atomic E-state index is -3.01. The van der Waals surface area contributed by atoms with E-state index >= 15 is 0 Å². The quantitative estimate of drug-likeness (QED) is 0.773. The van der Waals surface area contributed by atoms with Crippen molar-refractivity contribution in [1.82, 2.24) is 4.90 Å². The lowest BCUT2D eigenvalue weighted by Crippen LogP contribution is -2.40. The van der Waals surface area contributed by atoms with E-state index in [1.54, 1.807) is 7.05 Å². The van der Waals surface area contributed by atoms with Gasteiger partial charge in [0.15, 0.2) is 0 Å². The number of nitrogens with two attached hydrogens (primary N) is 1. The second-order valence-electron chi connectivity index (χ2n) is 5.01. The van der Waals surface area contributed by atoms with Crippen molar-refractivity contribution in [2.45, 2.75) is 31.7 Å². The van der Waals surface area contributed by atoms with Crippen LogP contribution in [0.4, 0.5) is 0 Å². The fourth-order valence-corrected chi connectivity index (χ4v) is 2.78. The first kappa shape index (κ1) is 14.4.